The van der Waals surface area contributed by atoms with Gasteiger partial charge >= 0.3 is 72.2 Å². The molecule has 0 aromatic heterocycles. The van der Waals surface area contributed by atoms with Crippen molar-refractivity contribution < 1.29 is 0 Å². The summed E-state index contributed by atoms with van der Waals surface area (Å²) in [6, 6.07) is 0. The fourth-order valence-electron chi connectivity index (χ4n) is 1.39. The average molecular weight is 267 g/mol. The molecule has 0 atom stereocenters. The first-order chi connectivity index (χ1) is 4.46. The van der Waals surface area contributed by atoms with Crippen LogP contribution in [0.3, 0.4) is 0 Å². The number of hydrogen-bond donors (Lipinski definition) is 0. The molecule has 0 amide bonds. The first kappa shape index (κ1) is 14.2. The molecule has 0 unspecified atom stereocenters. The van der Waals surface area contributed by atoms with E-state index in [4.69, 9.17) is 0 Å². The van der Waals surface area contributed by atoms with Crippen LogP contribution in [0.15, 0.2) is 0 Å². The smallest absolute Gasteiger partial charge is 0.0683 e. The van der Waals surface area contributed by atoms with Crippen LogP contribution in [0.25, 0.3) is 0 Å². The third-order valence-corrected chi connectivity index (χ3v) is 9.30. The summed E-state index contributed by atoms with van der Waals surface area (Å²) < 4.78 is 7.13. The van der Waals surface area contributed by atoms with Gasteiger partial charge in [-0.25, -0.2) is 0 Å². The molecule has 0 heterocycles. The van der Waals surface area contributed by atoms with Gasteiger partial charge in [0.1, 0.15) is 0 Å². The number of rotatable bonds is 3. The summed E-state index contributed by atoms with van der Waals surface area (Å²) in [4.78, 5) is 0. The van der Waals surface area contributed by atoms with Crippen LogP contribution in [0.4, 0.5) is 0 Å². The van der Waals surface area contributed by atoms with Gasteiger partial charge in [0.05, 0.1) is 0 Å². The first-order valence-corrected chi connectivity index (χ1v) is 7.88. The van der Waals surface area contributed by atoms with E-state index < -0.39 is 20.6 Å². The molecule has 11 heavy (non-hydrogen) atoms. The molecule has 0 aliphatic rings. The molecule has 0 saturated carbocycles. The van der Waals surface area contributed by atoms with Crippen molar-refractivity contribution in [3.8, 4) is 0 Å². The summed E-state index contributed by atoms with van der Waals surface area (Å²) in [6.45, 7) is 0. The Labute approximate surface area is 79.8 Å². The topological polar surface area (TPSA) is 9.72 Å². The van der Waals surface area contributed by atoms with Crippen molar-refractivity contribution in [2.24, 2.45) is 0 Å². The third kappa shape index (κ3) is 5.00. The first-order valence-electron chi connectivity index (χ1n) is 3.46. The molecule has 0 fully saturated rings. The Hall–Kier alpha value is 0.679. The maximum atomic E-state index is 2.38. The second kappa shape index (κ2) is 6.22. The van der Waals surface area contributed by atoms with Gasteiger partial charge < -0.3 is 0 Å². The zero-order valence-corrected chi connectivity index (χ0v) is 12.2. The van der Waals surface area contributed by atoms with E-state index in [1.807, 2.05) is 0 Å². The molecule has 0 aliphatic carbocycles. The number of hydrogen-bond acceptors (Lipinski definition) is 3. The van der Waals surface area contributed by atoms with E-state index in [2.05, 4.69) is 51.7 Å². The average Bonchev–Trinajstić information content (AvgIpc) is 1.59. The fraction of sp³-hybridized carbons (Fsp3) is 0.857. The molecular weight excluding hydrogens is 245 g/mol. The molecule has 69 valence electrons. The molecular formula is C7H22N3Sn. The van der Waals surface area contributed by atoms with E-state index in [1.165, 1.54) is 0 Å². The Kier molecular flexibility index (Phi) is 8.04. The minimum Gasteiger partial charge on any atom is -0.0683 e. The van der Waals surface area contributed by atoms with Gasteiger partial charge in [-0.3, -0.25) is 0 Å². The summed E-state index contributed by atoms with van der Waals surface area (Å²) >= 11 is -1.64. The summed E-state index contributed by atoms with van der Waals surface area (Å²) in [6.07, 6.45) is 0. The van der Waals surface area contributed by atoms with Crippen molar-refractivity contribution in [3.63, 3.8) is 0 Å². The molecule has 0 rings (SSSR count). The zero-order valence-electron chi connectivity index (χ0n) is 8.92. The largest absolute Gasteiger partial charge is 0.0683 e. The van der Waals surface area contributed by atoms with Crippen molar-refractivity contribution in [1.29, 1.82) is 0 Å². The summed E-state index contributed by atoms with van der Waals surface area (Å²) in [5, 5.41) is 0. The Bertz CT molecular complexity index is 74.7. The number of nitrogens with zero attached hydrogens (tertiary/aromatic N) is 3. The SMILES string of the molecule is C[N](C)[SnH]([N](C)C)[N](C)C.[CH3]. The Morgan fingerprint density at radius 3 is 0.818 bits per heavy atom. The standard InChI is InChI=1S/3C2H6N.CH3.Sn.H/c3*1-3-2;;;/h3*1-2H3;1H3;;/q3*-1;;+3;. The van der Waals surface area contributed by atoms with E-state index in [9.17, 15) is 0 Å². The van der Waals surface area contributed by atoms with Crippen molar-refractivity contribution >= 4 is 20.6 Å². The predicted molar refractivity (Wildman–Crippen MR) is 54.6 cm³/mol. The normalized spacial score (nSPS) is 11.5. The molecule has 0 aromatic carbocycles. The van der Waals surface area contributed by atoms with Crippen molar-refractivity contribution in [2.75, 3.05) is 42.3 Å². The minimum absolute atomic E-state index is 0. The van der Waals surface area contributed by atoms with Crippen molar-refractivity contribution in [1.82, 2.24) is 9.36 Å². The second-order valence-corrected chi connectivity index (χ2v) is 14.1. The van der Waals surface area contributed by atoms with E-state index in [0.29, 0.717) is 0 Å². The second-order valence-electron chi connectivity index (χ2n) is 3.24. The third-order valence-electron chi connectivity index (χ3n) is 1.39. The quantitative estimate of drug-likeness (QED) is 0.658. The van der Waals surface area contributed by atoms with E-state index >= 15 is 0 Å². The van der Waals surface area contributed by atoms with Crippen LogP contribution in [0.2, 0.25) is 0 Å². The monoisotopic (exact) mass is 268 g/mol. The molecule has 0 N–H and O–H groups in total. The van der Waals surface area contributed by atoms with Crippen LogP contribution in [0.5, 0.6) is 0 Å². The van der Waals surface area contributed by atoms with Crippen LogP contribution in [0, 0.1) is 7.43 Å². The predicted octanol–water partition coefficient (Wildman–Crippen LogP) is -0.161. The van der Waals surface area contributed by atoms with Crippen LogP contribution >= 0.6 is 0 Å². The molecule has 0 bridgehead atoms. The fourth-order valence-corrected chi connectivity index (χ4v) is 9.30. The van der Waals surface area contributed by atoms with Gasteiger partial charge in [-0.2, -0.15) is 0 Å². The van der Waals surface area contributed by atoms with Crippen LogP contribution in [-0.2, 0) is 0 Å². The van der Waals surface area contributed by atoms with Gasteiger partial charge in [-0.1, -0.05) is 7.43 Å². The minimum atomic E-state index is -1.64. The Morgan fingerprint density at radius 1 is 0.636 bits per heavy atom. The van der Waals surface area contributed by atoms with Gasteiger partial charge in [0, 0.05) is 0 Å². The molecule has 1 radical (unpaired) electrons. The van der Waals surface area contributed by atoms with Crippen molar-refractivity contribution in [2.45, 2.75) is 0 Å². The Balaban J connectivity index is 0. The van der Waals surface area contributed by atoms with Gasteiger partial charge in [-0.05, 0) is 0 Å². The van der Waals surface area contributed by atoms with Gasteiger partial charge in [0.15, 0.2) is 0 Å². The van der Waals surface area contributed by atoms with Crippen LogP contribution < -0.4 is 0 Å². The van der Waals surface area contributed by atoms with Crippen LogP contribution in [-0.4, -0.2) is 72.2 Å². The maximum Gasteiger partial charge on any atom is -0.0683 e. The molecule has 4 heteroatoms. The van der Waals surface area contributed by atoms with Gasteiger partial charge in [-0.15, -0.1) is 0 Å². The van der Waals surface area contributed by atoms with Gasteiger partial charge in [0.2, 0.25) is 0 Å². The van der Waals surface area contributed by atoms with E-state index in [0.717, 1.165) is 0 Å². The van der Waals surface area contributed by atoms with Crippen LogP contribution in [0.1, 0.15) is 0 Å². The molecule has 0 aliphatic heterocycles. The van der Waals surface area contributed by atoms with Gasteiger partial charge in [0.25, 0.3) is 0 Å². The summed E-state index contributed by atoms with van der Waals surface area (Å²) in [7, 11) is 13.0. The maximum absolute atomic E-state index is 2.38. The van der Waals surface area contributed by atoms with E-state index in [1.54, 1.807) is 0 Å². The summed E-state index contributed by atoms with van der Waals surface area (Å²) in [5.41, 5.74) is 0. The summed E-state index contributed by atoms with van der Waals surface area (Å²) in [5.74, 6) is 0. The Morgan fingerprint density at radius 2 is 0.818 bits per heavy atom. The molecule has 0 spiro atoms. The van der Waals surface area contributed by atoms with Crippen molar-refractivity contribution in [3.05, 3.63) is 7.43 Å². The molecule has 0 saturated heterocycles. The zero-order chi connectivity index (χ0) is 8.31. The van der Waals surface area contributed by atoms with E-state index in [-0.39, 0.29) is 7.43 Å². The molecule has 0 aromatic rings. The molecule has 3 nitrogen and oxygen atoms in total.